The molecule has 0 spiro atoms. The van der Waals surface area contributed by atoms with Crippen LogP contribution in [0.5, 0.6) is 0 Å². The van der Waals surface area contributed by atoms with Crippen molar-refractivity contribution in [2.24, 2.45) is 0 Å². The number of hydrogen-bond donors (Lipinski definition) is 0. The molecule has 2 rings (SSSR count). The van der Waals surface area contributed by atoms with Gasteiger partial charge in [-0.2, -0.15) is 0 Å². The van der Waals surface area contributed by atoms with E-state index < -0.39 is 0 Å². The molecule has 0 N–H and O–H groups in total. The summed E-state index contributed by atoms with van der Waals surface area (Å²) >= 11 is 0. The summed E-state index contributed by atoms with van der Waals surface area (Å²) in [4.78, 5) is 12.9. The van der Waals surface area contributed by atoms with Crippen LogP contribution in [0, 0.1) is 13.8 Å². The van der Waals surface area contributed by atoms with Crippen molar-refractivity contribution in [1.29, 1.82) is 0 Å². The lowest BCUT2D eigenvalue weighted by molar-refractivity contribution is -0.106. The second-order valence-corrected chi connectivity index (χ2v) is 4.15. The second kappa shape index (κ2) is 4.83. The first-order valence-corrected chi connectivity index (χ1v) is 5.58. The molecule has 0 unspecified atom stereocenters. The number of anilines is 2. The Morgan fingerprint density at radius 1 is 0.882 bits per heavy atom. The van der Waals surface area contributed by atoms with Crippen LogP contribution in [-0.4, -0.2) is 6.41 Å². The van der Waals surface area contributed by atoms with Crippen LogP contribution in [0.15, 0.2) is 48.5 Å². The molecule has 2 nitrogen and oxygen atoms in total. The highest BCUT2D eigenvalue weighted by Crippen LogP contribution is 2.24. The van der Waals surface area contributed by atoms with E-state index in [0.29, 0.717) is 0 Å². The van der Waals surface area contributed by atoms with Crippen LogP contribution in [0.25, 0.3) is 0 Å². The molecular formula is C15H15NO. The maximum absolute atomic E-state index is 11.3. The highest BCUT2D eigenvalue weighted by atomic mass is 16.1. The molecule has 0 heterocycles. The van der Waals surface area contributed by atoms with Crippen molar-refractivity contribution in [2.45, 2.75) is 13.8 Å². The number of aryl methyl sites for hydroxylation is 2. The van der Waals surface area contributed by atoms with Gasteiger partial charge in [-0.1, -0.05) is 24.3 Å². The van der Waals surface area contributed by atoms with Gasteiger partial charge in [-0.05, 0) is 49.2 Å². The van der Waals surface area contributed by atoms with Crippen molar-refractivity contribution in [1.82, 2.24) is 0 Å². The van der Waals surface area contributed by atoms with Gasteiger partial charge in [-0.15, -0.1) is 0 Å². The van der Waals surface area contributed by atoms with Gasteiger partial charge in [0.15, 0.2) is 0 Å². The predicted molar refractivity (Wildman–Crippen MR) is 70.6 cm³/mol. The lowest BCUT2D eigenvalue weighted by Crippen LogP contribution is -2.14. The molecular weight excluding hydrogens is 210 g/mol. The molecule has 0 aromatic heterocycles. The van der Waals surface area contributed by atoms with Gasteiger partial charge >= 0.3 is 0 Å². The minimum atomic E-state index is 0.851. The van der Waals surface area contributed by atoms with E-state index in [4.69, 9.17) is 0 Å². The highest BCUT2D eigenvalue weighted by Gasteiger charge is 2.07. The van der Waals surface area contributed by atoms with Crippen molar-refractivity contribution >= 4 is 17.8 Å². The van der Waals surface area contributed by atoms with Crippen LogP contribution in [0.3, 0.4) is 0 Å². The van der Waals surface area contributed by atoms with Crippen molar-refractivity contribution in [2.75, 3.05) is 4.90 Å². The Kier molecular flexibility index (Phi) is 3.24. The van der Waals surface area contributed by atoms with Gasteiger partial charge in [0.2, 0.25) is 6.41 Å². The number of amides is 1. The summed E-state index contributed by atoms with van der Waals surface area (Å²) in [5.74, 6) is 0. The van der Waals surface area contributed by atoms with Crippen molar-refractivity contribution in [3.8, 4) is 0 Å². The third kappa shape index (κ3) is 2.53. The van der Waals surface area contributed by atoms with E-state index in [0.717, 1.165) is 28.9 Å². The topological polar surface area (TPSA) is 20.3 Å². The summed E-state index contributed by atoms with van der Waals surface area (Å²) in [5.41, 5.74) is 4.07. The van der Waals surface area contributed by atoms with Gasteiger partial charge in [0.05, 0.1) is 0 Å². The number of benzene rings is 2. The molecule has 0 saturated heterocycles. The molecule has 2 heteroatoms. The van der Waals surface area contributed by atoms with Crippen LogP contribution < -0.4 is 4.90 Å². The zero-order valence-electron chi connectivity index (χ0n) is 10.1. The Bertz CT molecular complexity index is 488. The van der Waals surface area contributed by atoms with E-state index in [2.05, 4.69) is 0 Å². The van der Waals surface area contributed by atoms with Crippen molar-refractivity contribution < 1.29 is 4.79 Å². The molecule has 0 aliphatic rings. The SMILES string of the molecule is Cc1cccc(N(C=O)c2cccc(C)c2)c1. The largest absolute Gasteiger partial charge is 0.284 e. The summed E-state index contributed by atoms with van der Waals surface area (Å²) in [6, 6.07) is 15.8. The van der Waals surface area contributed by atoms with Gasteiger partial charge in [-0.3, -0.25) is 9.69 Å². The fourth-order valence-electron chi connectivity index (χ4n) is 1.83. The molecule has 0 aliphatic heterocycles. The number of carbonyl (C=O) groups is 1. The molecule has 0 saturated carbocycles. The Morgan fingerprint density at radius 3 is 1.71 bits per heavy atom. The van der Waals surface area contributed by atoms with Crippen LogP contribution in [-0.2, 0) is 4.79 Å². The van der Waals surface area contributed by atoms with Crippen LogP contribution in [0.1, 0.15) is 11.1 Å². The fraction of sp³-hybridized carbons (Fsp3) is 0.133. The van der Waals surface area contributed by atoms with E-state index in [-0.39, 0.29) is 0 Å². The third-order valence-corrected chi connectivity index (χ3v) is 2.67. The number of carbonyl (C=O) groups excluding carboxylic acids is 1. The van der Waals surface area contributed by atoms with E-state index >= 15 is 0 Å². The minimum absolute atomic E-state index is 0.851. The average molecular weight is 225 g/mol. The Hall–Kier alpha value is -2.09. The van der Waals surface area contributed by atoms with Crippen LogP contribution >= 0.6 is 0 Å². The Labute approximate surface area is 102 Å². The van der Waals surface area contributed by atoms with Gasteiger partial charge in [0.1, 0.15) is 0 Å². The Balaban J connectivity index is 2.43. The first-order chi connectivity index (χ1) is 8.20. The summed E-state index contributed by atoms with van der Waals surface area (Å²) < 4.78 is 0. The summed E-state index contributed by atoms with van der Waals surface area (Å²) in [7, 11) is 0. The zero-order valence-corrected chi connectivity index (χ0v) is 10.1. The third-order valence-electron chi connectivity index (χ3n) is 2.67. The van der Waals surface area contributed by atoms with E-state index in [1.54, 1.807) is 4.90 Å². The molecule has 0 fully saturated rings. The molecule has 0 bridgehead atoms. The van der Waals surface area contributed by atoms with Gasteiger partial charge in [-0.25, -0.2) is 0 Å². The van der Waals surface area contributed by atoms with E-state index in [9.17, 15) is 4.79 Å². The molecule has 2 aromatic rings. The zero-order chi connectivity index (χ0) is 12.3. The molecule has 1 amide bonds. The lowest BCUT2D eigenvalue weighted by atomic mass is 10.1. The predicted octanol–water partition coefficient (Wildman–Crippen LogP) is 3.60. The highest BCUT2D eigenvalue weighted by molar-refractivity contribution is 5.86. The Morgan fingerprint density at radius 2 is 1.35 bits per heavy atom. The monoisotopic (exact) mass is 225 g/mol. The summed E-state index contributed by atoms with van der Waals surface area (Å²) in [5, 5.41) is 0. The first kappa shape index (κ1) is 11.4. The van der Waals surface area contributed by atoms with E-state index in [1.165, 1.54) is 0 Å². The maximum atomic E-state index is 11.3. The molecule has 17 heavy (non-hydrogen) atoms. The van der Waals surface area contributed by atoms with Crippen molar-refractivity contribution in [3.05, 3.63) is 59.7 Å². The molecule has 86 valence electrons. The summed E-state index contributed by atoms with van der Waals surface area (Å²) in [6.45, 7) is 4.03. The maximum Gasteiger partial charge on any atom is 0.218 e. The van der Waals surface area contributed by atoms with Gasteiger partial charge in [0, 0.05) is 11.4 Å². The average Bonchev–Trinajstić information content (AvgIpc) is 2.30. The second-order valence-electron chi connectivity index (χ2n) is 4.15. The van der Waals surface area contributed by atoms with Crippen LogP contribution in [0.2, 0.25) is 0 Å². The number of rotatable bonds is 3. The van der Waals surface area contributed by atoms with Crippen molar-refractivity contribution in [3.63, 3.8) is 0 Å². The van der Waals surface area contributed by atoms with Crippen LogP contribution in [0.4, 0.5) is 11.4 Å². The standard InChI is InChI=1S/C15H15NO/c1-12-5-3-7-14(9-12)16(11-17)15-8-4-6-13(2)10-15/h3-11H,1-2H3. The summed E-state index contributed by atoms with van der Waals surface area (Å²) in [6.07, 6.45) is 0.851. The normalized spacial score (nSPS) is 10.0. The number of nitrogens with zero attached hydrogens (tertiary/aromatic N) is 1. The molecule has 0 aliphatic carbocycles. The molecule has 0 radical (unpaired) electrons. The molecule has 0 atom stereocenters. The number of hydrogen-bond acceptors (Lipinski definition) is 1. The lowest BCUT2D eigenvalue weighted by Gasteiger charge is -2.18. The first-order valence-electron chi connectivity index (χ1n) is 5.58. The minimum Gasteiger partial charge on any atom is -0.284 e. The fourth-order valence-corrected chi connectivity index (χ4v) is 1.83. The van der Waals surface area contributed by atoms with E-state index in [1.807, 2.05) is 62.4 Å². The quantitative estimate of drug-likeness (QED) is 0.731. The smallest absolute Gasteiger partial charge is 0.218 e. The van der Waals surface area contributed by atoms with Gasteiger partial charge in [0.25, 0.3) is 0 Å². The molecule has 2 aromatic carbocycles. The van der Waals surface area contributed by atoms with Gasteiger partial charge < -0.3 is 0 Å².